The molecule has 0 bridgehead atoms. The first-order valence-corrected chi connectivity index (χ1v) is 5.46. The van der Waals surface area contributed by atoms with E-state index in [2.05, 4.69) is 37.9 Å². The number of ether oxygens (including phenoxy) is 1. The van der Waals surface area contributed by atoms with E-state index in [0.29, 0.717) is 16.6 Å². The Morgan fingerprint density at radius 3 is 2.69 bits per heavy atom. The number of alkyl halides is 1. The van der Waals surface area contributed by atoms with Crippen LogP contribution in [0.25, 0.3) is 0 Å². The van der Waals surface area contributed by atoms with E-state index >= 15 is 0 Å². The summed E-state index contributed by atoms with van der Waals surface area (Å²) in [6.45, 7) is 0. The van der Waals surface area contributed by atoms with Gasteiger partial charge in [-0.2, -0.15) is 5.26 Å². The molecule has 0 heterocycles. The summed E-state index contributed by atoms with van der Waals surface area (Å²) in [5.41, 5.74) is 1.59. The van der Waals surface area contributed by atoms with Gasteiger partial charge in [0.15, 0.2) is 0 Å². The van der Waals surface area contributed by atoms with Gasteiger partial charge in [0.25, 0.3) is 0 Å². The molecule has 13 heavy (non-hydrogen) atoms. The Labute approximate surface area is 93.8 Å². The molecule has 1 aromatic rings. The Kier molecular flexibility index (Phi) is 3.76. The molecule has 0 spiro atoms. The zero-order valence-electron chi connectivity index (χ0n) is 6.97. The van der Waals surface area contributed by atoms with Crippen LogP contribution in [0.1, 0.15) is 11.1 Å². The van der Waals surface area contributed by atoms with Crippen LogP contribution in [-0.4, -0.2) is 7.11 Å². The molecule has 0 aliphatic rings. The minimum absolute atomic E-state index is 0.556. The molecule has 1 aromatic carbocycles. The SMILES string of the molecule is COc1cc(Br)c(CBr)cc1C#N. The van der Waals surface area contributed by atoms with Gasteiger partial charge in [0, 0.05) is 9.80 Å². The summed E-state index contributed by atoms with van der Waals surface area (Å²) in [4.78, 5) is 0. The summed E-state index contributed by atoms with van der Waals surface area (Å²) in [6, 6.07) is 5.69. The largest absolute Gasteiger partial charge is 0.495 e. The van der Waals surface area contributed by atoms with Gasteiger partial charge in [-0.05, 0) is 17.7 Å². The summed E-state index contributed by atoms with van der Waals surface area (Å²) in [7, 11) is 1.55. The van der Waals surface area contributed by atoms with E-state index in [1.807, 2.05) is 0 Å². The van der Waals surface area contributed by atoms with Gasteiger partial charge in [0.2, 0.25) is 0 Å². The number of nitriles is 1. The van der Waals surface area contributed by atoms with Crippen LogP contribution in [-0.2, 0) is 5.33 Å². The van der Waals surface area contributed by atoms with Crippen LogP contribution < -0.4 is 4.74 Å². The Morgan fingerprint density at radius 2 is 2.23 bits per heavy atom. The van der Waals surface area contributed by atoms with Gasteiger partial charge < -0.3 is 4.74 Å². The van der Waals surface area contributed by atoms with E-state index in [1.54, 1.807) is 19.2 Å². The molecule has 1 rings (SSSR count). The van der Waals surface area contributed by atoms with Gasteiger partial charge >= 0.3 is 0 Å². The molecule has 0 radical (unpaired) electrons. The Bertz CT molecular complexity index is 357. The predicted molar refractivity (Wildman–Crippen MR) is 58.0 cm³/mol. The lowest BCUT2D eigenvalue weighted by atomic mass is 10.1. The first-order chi connectivity index (χ1) is 6.22. The number of hydrogen-bond acceptors (Lipinski definition) is 2. The molecular weight excluding hydrogens is 298 g/mol. The molecule has 0 saturated heterocycles. The highest BCUT2D eigenvalue weighted by atomic mass is 79.9. The van der Waals surface area contributed by atoms with Crippen LogP contribution in [0.4, 0.5) is 0 Å². The number of benzene rings is 1. The van der Waals surface area contributed by atoms with Crippen molar-refractivity contribution in [1.82, 2.24) is 0 Å². The molecule has 0 aliphatic carbocycles. The van der Waals surface area contributed by atoms with Crippen LogP contribution in [0.2, 0.25) is 0 Å². The van der Waals surface area contributed by atoms with Gasteiger partial charge in [0.1, 0.15) is 11.8 Å². The summed E-state index contributed by atoms with van der Waals surface area (Å²) in [5, 5.41) is 9.51. The van der Waals surface area contributed by atoms with Crippen molar-refractivity contribution < 1.29 is 4.74 Å². The fraction of sp³-hybridized carbons (Fsp3) is 0.222. The van der Waals surface area contributed by atoms with E-state index in [1.165, 1.54) is 0 Å². The van der Waals surface area contributed by atoms with Crippen LogP contribution >= 0.6 is 31.9 Å². The van der Waals surface area contributed by atoms with Crippen molar-refractivity contribution in [2.24, 2.45) is 0 Å². The third kappa shape index (κ3) is 2.23. The molecule has 0 aliphatic heterocycles. The van der Waals surface area contributed by atoms with Gasteiger partial charge in [-0.3, -0.25) is 0 Å². The highest BCUT2D eigenvalue weighted by Crippen LogP contribution is 2.28. The van der Waals surface area contributed by atoms with Crippen molar-refractivity contribution in [1.29, 1.82) is 5.26 Å². The summed E-state index contributed by atoms with van der Waals surface area (Å²) >= 11 is 6.73. The number of methoxy groups -OCH3 is 1. The smallest absolute Gasteiger partial charge is 0.137 e. The van der Waals surface area contributed by atoms with Crippen molar-refractivity contribution in [3.63, 3.8) is 0 Å². The molecule has 0 atom stereocenters. The van der Waals surface area contributed by atoms with Crippen molar-refractivity contribution in [2.75, 3.05) is 7.11 Å². The van der Waals surface area contributed by atoms with Crippen molar-refractivity contribution in [3.05, 3.63) is 27.7 Å². The second-order valence-corrected chi connectivity index (χ2v) is 3.80. The van der Waals surface area contributed by atoms with E-state index in [0.717, 1.165) is 10.0 Å². The Hall–Kier alpha value is -0.530. The topological polar surface area (TPSA) is 33.0 Å². The van der Waals surface area contributed by atoms with Gasteiger partial charge in [-0.1, -0.05) is 31.9 Å². The molecule has 0 aromatic heterocycles. The molecular formula is C9H7Br2NO. The molecule has 0 N–H and O–H groups in total. The van der Waals surface area contributed by atoms with Gasteiger partial charge in [0.05, 0.1) is 12.7 Å². The predicted octanol–water partition coefficient (Wildman–Crippen LogP) is 3.22. The molecule has 2 nitrogen and oxygen atoms in total. The second-order valence-electron chi connectivity index (χ2n) is 2.39. The maximum Gasteiger partial charge on any atom is 0.137 e. The van der Waals surface area contributed by atoms with Crippen molar-refractivity contribution in [3.8, 4) is 11.8 Å². The quantitative estimate of drug-likeness (QED) is 0.786. The number of hydrogen-bond donors (Lipinski definition) is 0. The van der Waals surface area contributed by atoms with Crippen molar-refractivity contribution in [2.45, 2.75) is 5.33 Å². The van der Waals surface area contributed by atoms with Crippen LogP contribution in [0.3, 0.4) is 0 Å². The third-order valence-corrected chi connectivity index (χ3v) is 2.98. The molecule has 0 fully saturated rings. The van der Waals surface area contributed by atoms with E-state index in [-0.39, 0.29) is 0 Å². The average Bonchev–Trinajstić information content (AvgIpc) is 2.17. The molecule has 0 saturated carbocycles. The fourth-order valence-corrected chi connectivity index (χ4v) is 2.26. The first kappa shape index (κ1) is 10.6. The summed E-state index contributed by atoms with van der Waals surface area (Å²) in [6.07, 6.45) is 0. The van der Waals surface area contributed by atoms with E-state index in [9.17, 15) is 0 Å². The number of nitrogens with zero attached hydrogens (tertiary/aromatic N) is 1. The normalized spacial score (nSPS) is 9.38. The lowest BCUT2D eigenvalue weighted by Gasteiger charge is -2.06. The average molecular weight is 305 g/mol. The van der Waals surface area contributed by atoms with Crippen LogP contribution in [0.5, 0.6) is 5.75 Å². The lowest BCUT2D eigenvalue weighted by Crippen LogP contribution is -1.90. The van der Waals surface area contributed by atoms with E-state index < -0.39 is 0 Å². The molecule has 0 amide bonds. The molecule has 68 valence electrons. The fourth-order valence-electron chi connectivity index (χ4n) is 0.959. The standard InChI is InChI=1S/C9H7Br2NO/c1-13-9-3-8(11)6(4-10)2-7(9)5-12/h2-3H,4H2,1H3. The monoisotopic (exact) mass is 303 g/mol. The maximum atomic E-state index is 8.80. The lowest BCUT2D eigenvalue weighted by molar-refractivity contribution is 0.413. The minimum Gasteiger partial charge on any atom is -0.495 e. The Morgan fingerprint density at radius 1 is 1.54 bits per heavy atom. The summed E-state index contributed by atoms with van der Waals surface area (Å²) < 4.78 is 5.99. The number of rotatable bonds is 2. The molecule has 0 unspecified atom stereocenters. The van der Waals surface area contributed by atoms with Gasteiger partial charge in [-0.15, -0.1) is 0 Å². The third-order valence-electron chi connectivity index (χ3n) is 1.63. The van der Waals surface area contributed by atoms with Gasteiger partial charge in [-0.25, -0.2) is 0 Å². The first-order valence-electron chi connectivity index (χ1n) is 3.55. The number of halogens is 2. The van der Waals surface area contributed by atoms with E-state index in [4.69, 9.17) is 10.00 Å². The van der Waals surface area contributed by atoms with Crippen LogP contribution in [0, 0.1) is 11.3 Å². The van der Waals surface area contributed by atoms with Crippen molar-refractivity contribution >= 4 is 31.9 Å². The second kappa shape index (κ2) is 4.64. The summed E-state index contributed by atoms with van der Waals surface area (Å²) in [5.74, 6) is 0.596. The molecule has 4 heteroatoms. The zero-order valence-corrected chi connectivity index (χ0v) is 10.1. The van der Waals surface area contributed by atoms with Crippen LogP contribution in [0.15, 0.2) is 16.6 Å². The zero-order chi connectivity index (χ0) is 9.84. The highest BCUT2D eigenvalue weighted by Gasteiger charge is 2.07. The maximum absolute atomic E-state index is 8.80. The minimum atomic E-state index is 0.556. The Balaban J connectivity index is 3.28. The highest BCUT2D eigenvalue weighted by molar-refractivity contribution is 9.10.